The summed E-state index contributed by atoms with van der Waals surface area (Å²) in [6.07, 6.45) is 0.830. The molecule has 0 atom stereocenters. The average molecular weight is 255 g/mol. The number of hydrogen-bond acceptors (Lipinski definition) is 5. The summed E-state index contributed by atoms with van der Waals surface area (Å²) in [7, 11) is 3.24. The molecule has 5 heteroatoms. The number of methoxy groups -OCH3 is 2. The summed E-state index contributed by atoms with van der Waals surface area (Å²) in [5.74, 6) is 1.38. The first-order valence-corrected chi connectivity index (χ1v) is 5.91. The van der Waals surface area contributed by atoms with Crippen LogP contribution in [0.4, 0.5) is 5.69 Å². The molecule has 102 valence electrons. The number of nitrogen functional groups attached to an aromatic ring is 1. The van der Waals surface area contributed by atoms with E-state index in [1.165, 1.54) is 0 Å². The molecule has 0 amide bonds. The van der Waals surface area contributed by atoms with Gasteiger partial charge >= 0.3 is 0 Å². The van der Waals surface area contributed by atoms with E-state index in [0.717, 1.165) is 12.2 Å². The Kier molecular flexibility index (Phi) is 6.98. The lowest BCUT2D eigenvalue weighted by Crippen LogP contribution is -2.06. The first-order valence-electron chi connectivity index (χ1n) is 5.91. The molecule has 0 aliphatic carbocycles. The van der Waals surface area contributed by atoms with Crippen molar-refractivity contribution >= 4 is 5.69 Å². The zero-order valence-electron chi connectivity index (χ0n) is 11.0. The summed E-state index contributed by atoms with van der Waals surface area (Å²) in [6, 6.07) is 5.37. The number of ether oxygens (including phenoxy) is 4. The Labute approximate surface area is 108 Å². The van der Waals surface area contributed by atoms with Gasteiger partial charge in [-0.05, 0) is 12.1 Å². The first kappa shape index (κ1) is 14.6. The zero-order valence-corrected chi connectivity index (χ0v) is 11.0. The van der Waals surface area contributed by atoms with E-state index in [2.05, 4.69) is 0 Å². The largest absolute Gasteiger partial charge is 0.494 e. The molecule has 18 heavy (non-hydrogen) atoms. The van der Waals surface area contributed by atoms with Crippen molar-refractivity contribution in [2.24, 2.45) is 0 Å². The van der Waals surface area contributed by atoms with Gasteiger partial charge in [-0.15, -0.1) is 0 Å². The quantitative estimate of drug-likeness (QED) is 0.537. The molecule has 0 aromatic heterocycles. The van der Waals surface area contributed by atoms with E-state index >= 15 is 0 Å². The predicted octanol–water partition coefficient (Wildman–Crippen LogP) is 1.71. The molecule has 0 saturated carbocycles. The second-order valence-electron chi connectivity index (χ2n) is 3.71. The van der Waals surface area contributed by atoms with Crippen LogP contribution in [-0.4, -0.2) is 40.6 Å². The molecule has 0 saturated heterocycles. The summed E-state index contributed by atoms with van der Waals surface area (Å²) < 4.78 is 20.9. The van der Waals surface area contributed by atoms with Crippen LogP contribution >= 0.6 is 0 Å². The molecule has 0 spiro atoms. The van der Waals surface area contributed by atoms with E-state index in [1.807, 2.05) is 6.07 Å². The average Bonchev–Trinajstić information content (AvgIpc) is 2.39. The highest BCUT2D eigenvalue weighted by Gasteiger charge is 2.01. The molecule has 2 N–H and O–H groups in total. The van der Waals surface area contributed by atoms with Crippen molar-refractivity contribution in [3.05, 3.63) is 18.2 Å². The van der Waals surface area contributed by atoms with Crippen molar-refractivity contribution in [2.45, 2.75) is 6.42 Å². The number of hydrogen-bond donors (Lipinski definition) is 1. The molecule has 1 rings (SSSR count). The maximum atomic E-state index is 5.71. The van der Waals surface area contributed by atoms with E-state index in [1.54, 1.807) is 26.4 Å². The Hall–Kier alpha value is -1.46. The standard InChI is InChI=1S/C13H21NO4/c1-15-8-9-17-6-3-7-18-11-4-5-12(14)13(10-11)16-2/h4-5,10H,3,6-9,14H2,1-2H3. The molecule has 0 heterocycles. The Bertz CT molecular complexity index is 344. The first-order chi connectivity index (χ1) is 8.77. The van der Waals surface area contributed by atoms with Gasteiger partial charge in [0.15, 0.2) is 0 Å². The van der Waals surface area contributed by atoms with Gasteiger partial charge in [0.05, 0.1) is 32.6 Å². The highest BCUT2D eigenvalue weighted by atomic mass is 16.5. The normalized spacial score (nSPS) is 10.3. The molecule has 0 bridgehead atoms. The number of anilines is 1. The monoisotopic (exact) mass is 255 g/mol. The lowest BCUT2D eigenvalue weighted by atomic mass is 10.3. The minimum Gasteiger partial charge on any atom is -0.494 e. The molecular weight excluding hydrogens is 234 g/mol. The van der Waals surface area contributed by atoms with Crippen molar-refractivity contribution in [3.63, 3.8) is 0 Å². The van der Waals surface area contributed by atoms with Crippen LogP contribution in [0, 0.1) is 0 Å². The fourth-order valence-corrected chi connectivity index (χ4v) is 1.38. The van der Waals surface area contributed by atoms with Gasteiger partial charge in [-0.25, -0.2) is 0 Å². The van der Waals surface area contributed by atoms with Crippen molar-refractivity contribution in [3.8, 4) is 11.5 Å². The van der Waals surface area contributed by atoms with Crippen molar-refractivity contribution in [2.75, 3.05) is 46.4 Å². The summed E-state index contributed by atoms with van der Waals surface area (Å²) in [6.45, 7) is 2.50. The molecule has 0 unspecified atom stereocenters. The van der Waals surface area contributed by atoms with Crippen LogP contribution < -0.4 is 15.2 Å². The molecule has 0 radical (unpaired) electrons. The van der Waals surface area contributed by atoms with E-state index in [4.69, 9.17) is 24.7 Å². The number of rotatable bonds is 9. The lowest BCUT2D eigenvalue weighted by Gasteiger charge is -2.09. The van der Waals surface area contributed by atoms with Gasteiger partial charge in [0.25, 0.3) is 0 Å². The maximum absolute atomic E-state index is 5.71. The molecule has 1 aromatic carbocycles. The van der Waals surface area contributed by atoms with Crippen LogP contribution in [0.2, 0.25) is 0 Å². The van der Waals surface area contributed by atoms with Gasteiger partial charge in [0.2, 0.25) is 0 Å². The van der Waals surface area contributed by atoms with Crippen LogP contribution in [0.3, 0.4) is 0 Å². The Balaban J connectivity index is 2.19. The highest BCUT2D eigenvalue weighted by Crippen LogP contribution is 2.26. The van der Waals surface area contributed by atoms with E-state index in [9.17, 15) is 0 Å². The van der Waals surface area contributed by atoms with Gasteiger partial charge in [-0.3, -0.25) is 0 Å². The second-order valence-corrected chi connectivity index (χ2v) is 3.71. The van der Waals surface area contributed by atoms with Crippen LogP contribution in [0.25, 0.3) is 0 Å². The minimum absolute atomic E-state index is 0.597. The number of nitrogens with two attached hydrogens (primary N) is 1. The summed E-state index contributed by atoms with van der Waals surface area (Å²) in [4.78, 5) is 0. The zero-order chi connectivity index (χ0) is 13.2. The Morgan fingerprint density at radius 1 is 1.06 bits per heavy atom. The summed E-state index contributed by atoms with van der Waals surface area (Å²) in [5, 5.41) is 0. The molecular formula is C13H21NO4. The van der Waals surface area contributed by atoms with E-state index in [-0.39, 0.29) is 0 Å². The highest BCUT2D eigenvalue weighted by molar-refractivity contribution is 5.55. The smallest absolute Gasteiger partial charge is 0.145 e. The number of benzene rings is 1. The predicted molar refractivity (Wildman–Crippen MR) is 70.2 cm³/mol. The van der Waals surface area contributed by atoms with Crippen LogP contribution in [-0.2, 0) is 9.47 Å². The third-order valence-corrected chi connectivity index (χ3v) is 2.34. The minimum atomic E-state index is 0.597. The third kappa shape index (κ3) is 5.25. The molecule has 5 nitrogen and oxygen atoms in total. The van der Waals surface area contributed by atoms with Crippen molar-refractivity contribution < 1.29 is 18.9 Å². The fraction of sp³-hybridized carbons (Fsp3) is 0.538. The molecule has 0 fully saturated rings. The van der Waals surface area contributed by atoms with Crippen LogP contribution in [0.5, 0.6) is 11.5 Å². The molecule has 0 aliphatic heterocycles. The second kappa shape index (κ2) is 8.60. The maximum Gasteiger partial charge on any atom is 0.145 e. The molecule has 1 aromatic rings. The SMILES string of the molecule is COCCOCCCOc1ccc(N)c(OC)c1. The lowest BCUT2D eigenvalue weighted by molar-refractivity contribution is 0.0644. The van der Waals surface area contributed by atoms with Gasteiger partial charge < -0.3 is 24.7 Å². The van der Waals surface area contributed by atoms with Crippen LogP contribution in [0.1, 0.15) is 6.42 Å². The van der Waals surface area contributed by atoms with E-state index < -0.39 is 0 Å². The van der Waals surface area contributed by atoms with Gasteiger partial charge in [0, 0.05) is 26.2 Å². The van der Waals surface area contributed by atoms with Crippen LogP contribution in [0.15, 0.2) is 18.2 Å². The van der Waals surface area contributed by atoms with Gasteiger partial charge in [0.1, 0.15) is 11.5 Å². The van der Waals surface area contributed by atoms with E-state index in [0.29, 0.717) is 37.9 Å². The van der Waals surface area contributed by atoms with Crippen molar-refractivity contribution in [1.29, 1.82) is 0 Å². The van der Waals surface area contributed by atoms with Gasteiger partial charge in [-0.1, -0.05) is 0 Å². The summed E-state index contributed by atoms with van der Waals surface area (Å²) >= 11 is 0. The Morgan fingerprint density at radius 3 is 2.61 bits per heavy atom. The molecule has 0 aliphatic rings. The Morgan fingerprint density at radius 2 is 1.89 bits per heavy atom. The van der Waals surface area contributed by atoms with Gasteiger partial charge in [-0.2, -0.15) is 0 Å². The topological polar surface area (TPSA) is 62.9 Å². The third-order valence-electron chi connectivity index (χ3n) is 2.34. The summed E-state index contributed by atoms with van der Waals surface area (Å²) in [5.41, 5.74) is 6.31. The van der Waals surface area contributed by atoms with Crippen molar-refractivity contribution in [1.82, 2.24) is 0 Å². The fourth-order valence-electron chi connectivity index (χ4n) is 1.38.